The molecule has 0 saturated heterocycles. The highest BCUT2D eigenvalue weighted by molar-refractivity contribution is 6.36. The van der Waals surface area contributed by atoms with Gasteiger partial charge in [-0.3, -0.25) is 14.8 Å². The molecule has 1 fully saturated rings. The van der Waals surface area contributed by atoms with E-state index < -0.39 is 11.8 Å². The summed E-state index contributed by atoms with van der Waals surface area (Å²) in [7, 11) is 2.91. The average molecular weight is 456 g/mol. The number of hydrogen-bond acceptors (Lipinski definition) is 4. The maximum absolute atomic E-state index is 15.4. The van der Waals surface area contributed by atoms with E-state index in [1.807, 2.05) is 0 Å². The Balaban J connectivity index is 1.61. The lowest BCUT2D eigenvalue weighted by atomic mass is 10.0. The minimum absolute atomic E-state index is 0.00102. The molecular formula is C21H19ClFN7O2. The van der Waals surface area contributed by atoms with Crippen LogP contribution in [0.5, 0.6) is 0 Å². The van der Waals surface area contributed by atoms with E-state index in [1.54, 1.807) is 35.1 Å². The molecule has 0 aliphatic heterocycles. The third-order valence-electron chi connectivity index (χ3n) is 5.57. The number of amides is 3. The van der Waals surface area contributed by atoms with Gasteiger partial charge in [0.2, 0.25) is 5.91 Å². The lowest BCUT2D eigenvalue weighted by Gasteiger charge is -2.20. The normalized spacial score (nSPS) is 13.5. The van der Waals surface area contributed by atoms with Gasteiger partial charge in [0.15, 0.2) is 11.6 Å². The number of nitrogens with one attached hydrogen (secondary N) is 3. The van der Waals surface area contributed by atoms with Crippen LogP contribution in [-0.4, -0.2) is 45.8 Å². The molecule has 0 atom stereocenters. The molecule has 164 valence electrons. The first-order chi connectivity index (χ1) is 15.4. The summed E-state index contributed by atoms with van der Waals surface area (Å²) < 4.78 is 17.0. The van der Waals surface area contributed by atoms with Crippen LogP contribution in [0, 0.1) is 11.7 Å². The molecule has 3 amide bonds. The third kappa shape index (κ3) is 3.23. The topological polar surface area (TPSA) is 107 Å². The SMILES string of the molecule is CNC(=O)N(C)c1c(F)c(Cl)c(-c2ccn3nc(NC(=O)C4CC4)cc3c2)c2cn[nH]c12. The van der Waals surface area contributed by atoms with Crippen LogP contribution in [0.3, 0.4) is 0 Å². The van der Waals surface area contributed by atoms with Crippen LogP contribution in [0.2, 0.25) is 5.02 Å². The Morgan fingerprint density at radius 3 is 2.84 bits per heavy atom. The van der Waals surface area contributed by atoms with Crippen molar-refractivity contribution in [2.24, 2.45) is 5.92 Å². The second-order valence-electron chi connectivity index (χ2n) is 7.70. The molecule has 0 radical (unpaired) electrons. The van der Waals surface area contributed by atoms with Crippen LogP contribution in [0.1, 0.15) is 12.8 Å². The van der Waals surface area contributed by atoms with Crippen molar-refractivity contribution in [3.63, 3.8) is 0 Å². The molecule has 1 aromatic carbocycles. The second-order valence-corrected chi connectivity index (χ2v) is 8.08. The highest BCUT2D eigenvalue weighted by Gasteiger charge is 2.30. The molecule has 5 rings (SSSR count). The van der Waals surface area contributed by atoms with Crippen molar-refractivity contribution >= 4 is 51.5 Å². The van der Waals surface area contributed by atoms with Gasteiger partial charge in [0.25, 0.3) is 0 Å². The predicted molar refractivity (Wildman–Crippen MR) is 119 cm³/mol. The maximum Gasteiger partial charge on any atom is 0.321 e. The monoisotopic (exact) mass is 455 g/mol. The summed E-state index contributed by atoms with van der Waals surface area (Å²) in [6.07, 6.45) is 5.06. The van der Waals surface area contributed by atoms with Crippen LogP contribution < -0.4 is 15.5 Å². The third-order valence-corrected chi connectivity index (χ3v) is 5.93. The van der Waals surface area contributed by atoms with Crippen molar-refractivity contribution in [1.82, 2.24) is 25.1 Å². The number of rotatable bonds is 4. The number of carbonyl (C=O) groups excluding carboxylic acids is 2. The quantitative estimate of drug-likeness (QED) is 0.435. The summed E-state index contributed by atoms with van der Waals surface area (Å²) in [5, 5.41) is 16.9. The van der Waals surface area contributed by atoms with Crippen LogP contribution >= 0.6 is 11.6 Å². The largest absolute Gasteiger partial charge is 0.341 e. The summed E-state index contributed by atoms with van der Waals surface area (Å²) in [6.45, 7) is 0. The number of H-pyrrole nitrogens is 1. The highest BCUT2D eigenvalue weighted by atomic mass is 35.5. The Hall–Kier alpha value is -3.66. The van der Waals surface area contributed by atoms with E-state index in [0.29, 0.717) is 33.4 Å². The number of fused-ring (bicyclic) bond motifs is 2. The number of nitrogens with zero attached hydrogens (tertiary/aromatic N) is 4. The fourth-order valence-electron chi connectivity index (χ4n) is 3.75. The molecule has 1 aliphatic rings. The molecule has 3 N–H and O–H groups in total. The fraction of sp³-hybridized carbons (Fsp3) is 0.238. The first-order valence-corrected chi connectivity index (χ1v) is 10.4. The minimum Gasteiger partial charge on any atom is -0.341 e. The number of pyridine rings is 1. The second kappa shape index (κ2) is 7.49. The minimum atomic E-state index is -0.740. The van der Waals surface area contributed by atoms with Crippen LogP contribution in [0.15, 0.2) is 30.6 Å². The number of aromatic amines is 1. The van der Waals surface area contributed by atoms with Gasteiger partial charge in [0.05, 0.1) is 22.3 Å². The number of anilines is 2. The Kier molecular flexibility index (Phi) is 4.74. The van der Waals surface area contributed by atoms with E-state index in [-0.39, 0.29) is 22.5 Å². The number of halogens is 2. The molecule has 9 nitrogen and oxygen atoms in total. The van der Waals surface area contributed by atoms with Gasteiger partial charge in [-0.25, -0.2) is 13.7 Å². The molecular weight excluding hydrogens is 437 g/mol. The summed E-state index contributed by atoms with van der Waals surface area (Å²) in [6, 6.07) is 4.80. The van der Waals surface area contributed by atoms with Gasteiger partial charge >= 0.3 is 6.03 Å². The lowest BCUT2D eigenvalue weighted by molar-refractivity contribution is -0.117. The number of hydrogen-bond donors (Lipinski definition) is 3. The molecule has 4 aromatic rings. The van der Waals surface area contributed by atoms with E-state index in [4.69, 9.17) is 11.6 Å². The van der Waals surface area contributed by atoms with Gasteiger partial charge in [0, 0.05) is 43.2 Å². The van der Waals surface area contributed by atoms with E-state index >= 15 is 4.39 Å². The van der Waals surface area contributed by atoms with Crippen molar-refractivity contribution in [1.29, 1.82) is 0 Å². The molecule has 1 saturated carbocycles. The van der Waals surface area contributed by atoms with Crippen LogP contribution in [0.4, 0.5) is 20.7 Å². The summed E-state index contributed by atoms with van der Waals surface area (Å²) in [5.41, 5.74) is 2.13. The molecule has 11 heteroatoms. The van der Waals surface area contributed by atoms with Crippen LogP contribution in [-0.2, 0) is 4.79 Å². The van der Waals surface area contributed by atoms with Crippen LogP contribution in [0.25, 0.3) is 27.5 Å². The Morgan fingerprint density at radius 1 is 1.34 bits per heavy atom. The maximum atomic E-state index is 15.4. The average Bonchev–Trinajstić information content (AvgIpc) is 3.41. The molecule has 32 heavy (non-hydrogen) atoms. The zero-order valence-electron chi connectivity index (χ0n) is 17.2. The van der Waals surface area contributed by atoms with E-state index in [0.717, 1.165) is 17.7 Å². The van der Waals surface area contributed by atoms with Gasteiger partial charge in [-0.2, -0.15) is 10.2 Å². The number of aromatic nitrogens is 4. The zero-order chi connectivity index (χ0) is 22.6. The lowest BCUT2D eigenvalue weighted by Crippen LogP contribution is -2.35. The van der Waals surface area contributed by atoms with Crippen molar-refractivity contribution in [3.8, 4) is 11.1 Å². The first-order valence-electron chi connectivity index (χ1n) is 9.99. The van der Waals surface area contributed by atoms with E-state index in [1.165, 1.54) is 14.1 Å². The van der Waals surface area contributed by atoms with Gasteiger partial charge in [-0.1, -0.05) is 11.6 Å². The number of carbonyl (C=O) groups is 2. The highest BCUT2D eigenvalue weighted by Crippen LogP contribution is 2.42. The molecule has 1 aliphatic carbocycles. The van der Waals surface area contributed by atoms with E-state index in [2.05, 4.69) is 25.9 Å². The Morgan fingerprint density at radius 2 is 2.12 bits per heavy atom. The van der Waals surface area contributed by atoms with E-state index in [9.17, 15) is 9.59 Å². The smallest absolute Gasteiger partial charge is 0.321 e. The Bertz CT molecular complexity index is 1390. The zero-order valence-corrected chi connectivity index (χ0v) is 18.0. The molecule has 3 aromatic heterocycles. The summed E-state index contributed by atoms with van der Waals surface area (Å²) in [5.74, 6) is -0.254. The fourth-order valence-corrected chi connectivity index (χ4v) is 4.05. The first kappa shape index (κ1) is 20.3. The van der Waals surface area contributed by atoms with Gasteiger partial charge < -0.3 is 10.6 Å². The predicted octanol–water partition coefficient (Wildman–Crippen LogP) is 3.79. The van der Waals surface area contributed by atoms with Crippen molar-refractivity contribution in [2.45, 2.75) is 12.8 Å². The van der Waals surface area contributed by atoms with Crippen molar-refractivity contribution in [3.05, 3.63) is 41.4 Å². The van der Waals surface area contributed by atoms with Crippen molar-refractivity contribution < 1.29 is 14.0 Å². The molecule has 0 spiro atoms. The standard InChI is InChI=1S/C21H19ClFN7O2/c1-24-21(32)29(2)19-17(23)16(22)15(13-9-25-27-18(13)19)11-5-6-30-12(7-11)8-14(28-30)26-20(31)10-3-4-10/h5-10H,3-4H2,1-2H3,(H,24,32)(H,25,27)(H,26,28,31). The molecule has 0 bridgehead atoms. The summed E-state index contributed by atoms with van der Waals surface area (Å²) in [4.78, 5) is 25.3. The Labute approximate surface area is 186 Å². The molecule has 3 heterocycles. The van der Waals surface area contributed by atoms with Gasteiger partial charge in [-0.05, 0) is 30.5 Å². The van der Waals surface area contributed by atoms with Crippen molar-refractivity contribution in [2.75, 3.05) is 24.3 Å². The number of urea groups is 1. The summed E-state index contributed by atoms with van der Waals surface area (Å²) >= 11 is 6.47. The number of benzene rings is 1. The van der Waals surface area contributed by atoms with Gasteiger partial charge in [-0.15, -0.1) is 0 Å². The van der Waals surface area contributed by atoms with Gasteiger partial charge in [0.1, 0.15) is 5.69 Å². The molecule has 0 unspecified atom stereocenters.